The first-order chi connectivity index (χ1) is 9.19. The molecule has 1 N–H and O–H groups in total. The molecule has 0 radical (unpaired) electrons. The third-order valence-corrected chi connectivity index (χ3v) is 2.70. The van der Waals surface area contributed by atoms with Gasteiger partial charge in [0.15, 0.2) is 0 Å². The SMILES string of the molecule is Cc1ccccc1/C=N\O.Cc1ccccc1C=O. The minimum Gasteiger partial charge on any atom is -0.411 e. The Bertz CT molecular complexity index is 562. The quantitative estimate of drug-likeness (QED) is 0.386. The van der Waals surface area contributed by atoms with Gasteiger partial charge >= 0.3 is 0 Å². The van der Waals surface area contributed by atoms with Crippen LogP contribution in [-0.4, -0.2) is 17.7 Å². The molecule has 2 rings (SSSR count). The third kappa shape index (κ3) is 4.76. The monoisotopic (exact) mass is 255 g/mol. The van der Waals surface area contributed by atoms with Crippen molar-refractivity contribution in [2.45, 2.75) is 13.8 Å². The summed E-state index contributed by atoms with van der Waals surface area (Å²) in [5.41, 5.74) is 3.87. The molecule has 0 heterocycles. The van der Waals surface area contributed by atoms with Crippen LogP contribution in [0.2, 0.25) is 0 Å². The zero-order valence-corrected chi connectivity index (χ0v) is 11.1. The van der Waals surface area contributed by atoms with Crippen molar-refractivity contribution in [1.29, 1.82) is 0 Å². The summed E-state index contributed by atoms with van der Waals surface area (Å²) < 4.78 is 0. The second kappa shape index (κ2) is 7.82. The van der Waals surface area contributed by atoms with Gasteiger partial charge in [-0.15, -0.1) is 0 Å². The summed E-state index contributed by atoms with van der Waals surface area (Å²) in [6, 6.07) is 15.2. The molecular formula is C16H17NO2. The van der Waals surface area contributed by atoms with Crippen molar-refractivity contribution in [2.24, 2.45) is 5.16 Å². The van der Waals surface area contributed by atoms with Gasteiger partial charge in [0.1, 0.15) is 6.29 Å². The van der Waals surface area contributed by atoms with Gasteiger partial charge in [-0.2, -0.15) is 0 Å². The lowest BCUT2D eigenvalue weighted by Crippen LogP contribution is -1.84. The number of hydrogen-bond acceptors (Lipinski definition) is 3. The maximum absolute atomic E-state index is 10.2. The lowest BCUT2D eigenvalue weighted by atomic mass is 10.1. The van der Waals surface area contributed by atoms with Crippen molar-refractivity contribution < 1.29 is 10.0 Å². The lowest BCUT2D eigenvalue weighted by molar-refractivity contribution is 0.112. The molecule has 0 aliphatic heterocycles. The molecule has 0 saturated carbocycles. The molecule has 0 unspecified atom stereocenters. The molecule has 3 nitrogen and oxygen atoms in total. The van der Waals surface area contributed by atoms with Gasteiger partial charge in [0.05, 0.1) is 6.21 Å². The zero-order chi connectivity index (χ0) is 14.1. The molecule has 0 saturated heterocycles. The molecule has 98 valence electrons. The number of carbonyl (C=O) groups excluding carboxylic acids is 1. The first-order valence-electron chi connectivity index (χ1n) is 5.93. The van der Waals surface area contributed by atoms with Gasteiger partial charge in [-0.05, 0) is 30.5 Å². The number of nitrogens with zero attached hydrogens (tertiary/aromatic N) is 1. The van der Waals surface area contributed by atoms with E-state index in [1.807, 2.05) is 62.4 Å². The molecule has 2 aromatic rings. The number of oxime groups is 1. The molecule has 2 aromatic carbocycles. The summed E-state index contributed by atoms with van der Waals surface area (Å²) in [7, 11) is 0. The van der Waals surface area contributed by atoms with Crippen LogP contribution in [0, 0.1) is 13.8 Å². The highest BCUT2D eigenvalue weighted by Gasteiger charge is 1.90. The summed E-state index contributed by atoms with van der Waals surface area (Å²) in [5.74, 6) is 0. The highest BCUT2D eigenvalue weighted by Crippen LogP contribution is 2.03. The second-order valence-corrected chi connectivity index (χ2v) is 4.08. The van der Waals surface area contributed by atoms with E-state index in [9.17, 15) is 4.79 Å². The van der Waals surface area contributed by atoms with E-state index in [2.05, 4.69) is 5.16 Å². The van der Waals surface area contributed by atoms with E-state index in [0.717, 1.165) is 28.5 Å². The van der Waals surface area contributed by atoms with Crippen molar-refractivity contribution in [3.8, 4) is 0 Å². The number of rotatable bonds is 2. The minimum absolute atomic E-state index is 0.775. The average molecular weight is 255 g/mol. The summed E-state index contributed by atoms with van der Waals surface area (Å²) in [6.45, 7) is 3.89. The number of aryl methyl sites for hydroxylation is 2. The van der Waals surface area contributed by atoms with Gasteiger partial charge < -0.3 is 5.21 Å². The Balaban J connectivity index is 0.000000191. The topological polar surface area (TPSA) is 49.7 Å². The maximum atomic E-state index is 10.2. The maximum Gasteiger partial charge on any atom is 0.150 e. The van der Waals surface area contributed by atoms with Gasteiger partial charge in [0.25, 0.3) is 0 Å². The number of benzene rings is 2. The smallest absolute Gasteiger partial charge is 0.150 e. The molecule has 0 bridgehead atoms. The molecule has 0 atom stereocenters. The third-order valence-electron chi connectivity index (χ3n) is 2.70. The molecule has 0 spiro atoms. The van der Waals surface area contributed by atoms with Crippen LogP contribution in [0.1, 0.15) is 27.0 Å². The molecule has 3 heteroatoms. The van der Waals surface area contributed by atoms with Crippen LogP contribution in [0.25, 0.3) is 0 Å². The highest BCUT2D eigenvalue weighted by molar-refractivity contribution is 5.80. The summed E-state index contributed by atoms with van der Waals surface area (Å²) >= 11 is 0. The average Bonchev–Trinajstić information content (AvgIpc) is 2.43. The van der Waals surface area contributed by atoms with Gasteiger partial charge in [-0.1, -0.05) is 53.7 Å². The van der Waals surface area contributed by atoms with E-state index in [4.69, 9.17) is 5.21 Å². The van der Waals surface area contributed by atoms with Crippen molar-refractivity contribution >= 4 is 12.5 Å². The zero-order valence-electron chi connectivity index (χ0n) is 11.1. The van der Waals surface area contributed by atoms with Crippen LogP contribution in [0.4, 0.5) is 0 Å². The molecular weight excluding hydrogens is 238 g/mol. The molecule has 0 aliphatic carbocycles. The van der Waals surface area contributed by atoms with E-state index in [1.165, 1.54) is 6.21 Å². The largest absolute Gasteiger partial charge is 0.411 e. The molecule has 0 fully saturated rings. The van der Waals surface area contributed by atoms with Crippen LogP contribution in [0.15, 0.2) is 53.7 Å². The minimum atomic E-state index is 0.775. The number of hydrogen-bond donors (Lipinski definition) is 1. The van der Waals surface area contributed by atoms with Crippen LogP contribution in [0.5, 0.6) is 0 Å². The Kier molecular flexibility index (Phi) is 6.03. The van der Waals surface area contributed by atoms with E-state index in [1.54, 1.807) is 0 Å². The van der Waals surface area contributed by atoms with Crippen LogP contribution in [0.3, 0.4) is 0 Å². The van der Waals surface area contributed by atoms with Gasteiger partial charge in [-0.3, -0.25) is 4.79 Å². The van der Waals surface area contributed by atoms with Crippen molar-refractivity contribution in [3.63, 3.8) is 0 Å². The summed E-state index contributed by atoms with van der Waals surface area (Å²) in [6.07, 6.45) is 2.30. The van der Waals surface area contributed by atoms with Crippen LogP contribution in [-0.2, 0) is 0 Å². The van der Waals surface area contributed by atoms with E-state index < -0.39 is 0 Å². The lowest BCUT2D eigenvalue weighted by Gasteiger charge is -1.94. The predicted molar refractivity (Wildman–Crippen MR) is 77.1 cm³/mol. The molecule has 0 amide bonds. The fourth-order valence-corrected chi connectivity index (χ4v) is 1.51. The highest BCUT2D eigenvalue weighted by atomic mass is 16.4. The van der Waals surface area contributed by atoms with Crippen LogP contribution >= 0.6 is 0 Å². The van der Waals surface area contributed by atoms with Gasteiger partial charge in [0.2, 0.25) is 0 Å². The Morgan fingerprint density at radius 2 is 1.37 bits per heavy atom. The molecule has 0 aromatic heterocycles. The van der Waals surface area contributed by atoms with Crippen molar-refractivity contribution in [2.75, 3.05) is 0 Å². The normalized spacial score (nSPS) is 9.79. The first-order valence-corrected chi connectivity index (χ1v) is 5.93. The predicted octanol–water partition coefficient (Wildman–Crippen LogP) is 3.61. The standard InChI is InChI=1S/C8H9NO.C8H8O/c1-7-4-2-3-5-8(7)6-9-10;1-7-4-2-3-5-8(7)6-9/h2-6,10H,1H3;2-6H,1H3/b9-6-;. The number of aldehydes is 1. The molecule has 0 aliphatic rings. The van der Waals surface area contributed by atoms with Gasteiger partial charge in [0, 0.05) is 5.56 Å². The van der Waals surface area contributed by atoms with E-state index in [0.29, 0.717) is 0 Å². The second-order valence-electron chi connectivity index (χ2n) is 4.08. The Labute approximate surface area is 113 Å². The Morgan fingerprint density at radius 3 is 1.74 bits per heavy atom. The first kappa shape index (κ1) is 14.6. The van der Waals surface area contributed by atoms with Gasteiger partial charge in [-0.25, -0.2) is 0 Å². The number of carbonyl (C=O) groups is 1. The molecule has 19 heavy (non-hydrogen) atoms. The fraction of sp³-hybridized carbons (Fsp3) is 0.125. The summed E-state index contributed by atoms with van der Waals surface area (Å²) in [4.78, 5) is 10.2. The fourth-order valence-electron chi connectivity index (χ4n) is 1.51. The Morgan fingerprint density at radius 1 is 0.895 bits per heavy atom. The van der Waals surface area contributed by atoms with E-state index >= 15 is 0 Å². The Hall–Kier alpha value is -2.42. The van der Waals surface area contributed by atoms with Crippen molar-refractivity contribution in [1.82, 2.24) is 0 Å². The van der Waals surface area contributed by atoms with E-state index in [-0.39, 0.29) is 0 Å². The summed E-state index contributed by atoms with van der Waals surface area (Å²) in [5, 5.41) is 11.2. The van der Waals surface area contributed by atoms with Crippen molar-refractivity contribution in [3.05, 3.63) is 70.8 Å². The van der Waals surface area contributed by atoms with Crippen LogP contribution < -0.4 is 0 Å².